The van der Waals surface area contributed by atoms with E-state index in [1.165, 1.54) is 0 Å². The summed E-state index contributed by atoms with van der Waals surface area (Å²) in [4.78, 5) is 1.38. The molecule has 2 N–H and O–H groups in total. The van der Waals surface area contributed by atoms with E-state index in [4.69, 9.17) is 22.7 Å². The summed E-state index contributed by atoms with van der Waals surface area (Å²) in [5, 5.41) is 0. The van der Waals surface area contributed by atoms with Crippen LogP contribution in [-0.2, 0) is 0 Å². The predicted molar refractivity (Wildman–Crippen MR) is 90.1 cm³/mol. The second-order valence-corrected chi connectivity index (χ2v) is 5.86. The number of thioether (sulfide) groups is 1. The summed E-state index contributed by atoms with van der Waals surface area (Å²) in [7, 11) is 0. The van der Waals surface area contributed by atoms with Crippen LogP contribution in [0.25, 0.3) is 0 Å². The highest BCUT2D eigenvalue weighted by Crippen LogP contribution is 2.33. The Bertz CT molecular complexity index is 653. The smallest absolute Gasteiger partial charge is 0.138 e. The van der Waals surface area contributed by atoms with E-state index in [9.17, 15) is 0 Å². The molecule has 0 atom stereocenters. The maximum atomic E-state index is 6.04. The van der Waals surface area contributed by atoms with Gasteiger partial charge in [-0.25, -0.2) is 0 Å². The third-order valence-corrected chi connectivity index (χ3v) is 4.00. The van der Waals surface area contributed by atoms with Crippen LogP contribution in [0.1, 0.15) is 16.7 Å². The fraction of sp³-hybridized carbons (Fsp3) is 0.188. The predicted octanol–water partition coefficient (Wildman–Crippen LogP) is 4.45. The first kappa shape index (κ1) is 14.9. The van der Waals surface area contributed by atoms with Crippen molar-refractivity contribution in [2.75, 3.05) is 6.26 Å². The van der Waals surface area contributed by atoms with Gasteiger partial charge in [0.25, 0.3) is 0 Å². The summed E-state index contributed by atoms with van der Waals surface area (Å²) in [6.45, 7) is 4.06. The fourth-order valence-electron chi connectivity index (χ4n) is 1.94. The Morgan fingerprint density at radius 2 is 1.90 bits per heavy atom. The molecule has 0 unspecified atom stereocenters. The van der Waals surface area contributed by atoms with Gasteiger partial charge in [-0.05, 0) is 49.4 Å². The average Bonchev–Trinajstić information content (AvgIpc) is 2.42. The van der Waals surface area contributed by atoms with E-state index in [1.807, 2.05) is 50.4 Å². The van der Waals surface area contributed by atoms with Gasteiger partial charge in [0.1, 0.15) is 16.5 Å². The van der Waals surface area contributed by atoms with Crippen LogP contribution in [0.4, 0.5) is 0 Å². The van der Waals surface area contributed by atoms with Crippen molar-refractivity contribution < 1.29 is 4.74 Å². The fourth-order valence-corrected chi connectivity index (χ4v) is 2.85. The molecule has 104 valence electrons. The first-order valence-corrected chi connectivity index (χ1v) is 7.88. The van der Waals surface area contributed by atoms with Gasteiger partial charge in [0.2, 0.25) is 0 Å². The molecule has 2 nitrogen and oxygen atoms in total. The number of rotatable bonds is 4. The molecule has 0 amide bonds. The number of hydrogen-bond acceptors (Lipinski definition) is 3. The van der Waals surface area contributed by atoms with Crippen molar-refractivity contribution >= 4 is 29.0 Å². The van der Waals surface area contributed by atoms with Crippen LogP contribution in [0.5, 0.6) is 11.5 Å². The van der Waals surface area contributed by atoms with Crippen molar-refractivity contribution in [3.63, 3.8) is 0 Å². The molecule has 0 heterocycles. The molecular weight excluding hydrogens is 286 g/mol. The Kier molecular flexibility index (Phi) is 4.68. The zero-order valence-corrected chi connectivity index (χ0v) is 13.4. The molecule has 0 aromatic heterocycles. The molecule has 0 saturated heterocycles. The monoisotopic (exact) mass is 303 g/mol. The van der Waals surface area contributed by atoms with E-state index >= 15 is 0 Å². The zero-order valence-electron chi connectivity index (χ0n) is 11.8. The van der Waals surface area contributed by atoms with Gasteiger partial charge in [0, 0.05) is 4.90 Å². The normalized spacial score (nSPS) is 10.3. The number of aryl methyl sites for hydroxylation is 2. The molecule has 0 saturated carbocycles. The molecule has 0 fully saturated rings. The first-order chi connectivity index (χ1) is 9.52. The van der Waals surface area contributed by atoms with E-state index in [0.717, 1.165) is 27.3 Å². The minimum Gasteiger partial charge on any atom is -0.456 e. The topological polar surface area (TPSA) is 35.2 Å². The van der Waals surface area contributed by atoms with E-state index < -0.39 is 0 Å². The van der Waals surface area contributed by atoms with Crippen molar-refractivity contribution in [1.29, 1.82) is 0 Å². The summed E-state index contributed by atoms with van der Waals surface area (Å²) < 4.78 is 6.04. The van der Waals surface area contributed by atoms with Crippen molar-refractivity contribution in [2.24, 2.45) is 5.73 Å². The minimum absolute atomic E-state index is 0.357. The summed E-state index contributed by atoms with van der Waals surface area (Å²) in [6.07, 6.45) is 2.00. The summed E-state index contributed by atoms with van der Waals surface area (Å²) in [6, 6.07) is 12.0. The van der Waals surface area contributed by atoms with E-state index in [1.54, 1.807) is 11.8 Å². The van der Waals surface area contributed by atoms with Crippen LogP contribution >= 0.6 is 24.0 Å². The maximum absolute atomic E-state index is 6.04. The standard InChI is InChI=1S/C16H17NOS2/c1-10-7-8-11(2)13(9-10)18-12-5-4-6-14(20-3)15(12)16(17)19/h4-9H,1-3H3,(H2,17,19). The van der Waals surface area contributed by atoms with Crippen molar-refractivity contribution in [3.8, 4) is 11.5 Å². The van der Waals surface area contributed by atoms with Gasteiger partial charge in [-0.2, -0.15) is 0 Å². The number of benzene rings is 2. The Morgan fingerprint density at radius 3 is 2.55 bits per heavy atom. The molecule has 4 heteroatoms. The second-order valence-electron chi connectivity index (χ2n) is 4.57. The molecule has 2 aromatic carbocycles. The Labute approximate surface area is 129 Å². The van der Waals surface area contributed by atoms with Crippen molar-refractivity contribution in [3.05, 3.63) is 53.1 Å². The van der Waals surface area contributed by atoms with Crippen LogP contribution in [0.2, 0.25) is 0 Å². The van der Waals surface area contributed by atoms with Gasteiger partial charge in [0.15, 0.2) is 0 Å². The van der Waals surface area contributed by atoms with Gasteiger partial charge < -0.3 is 10.5 Å². The summed E-state index contributed by atoms with van der Waals surface area (Å²) >= 11 is 6.77. The molecule has 0 aliphatic rings. The SMILES string of the molecule is CSc1cccc(Oc2cc(C)ccc2C)c1C(N)=S. The van der Waals surface area contributed by atoms with E-state index in [2.05, 4.69) is 6.07 Å². The average molecular weight is 303 g/mol. The minimum atomic E-state index is 0.357. The molecule has 2 rings (SSSR count). The lowest BCUT2D eigenvalue weighted by Crippen LogP contribution is -2.12. The highest BCUT2D eigenvalue weighted by atomic mass is 32.2. The maximum Gasteiger partial charge on any atom is 0.138 e. The van der Waals surface area contributed by atoms with Gasteiger partial charge in [-0.3, -0.25) is 0 Å². The van der Waals surface area contributed by atoms with Gasteiger partial charge in [0.05, 0.1) is 5.56 Å². The summed E-state index contributed by atoms with van der Waals surface area (Å²) in [5.74, 6) is 1.54. The van der Waals surface area contributed by atoms with Gasteiger partial charge in [-0.1, -0.05) is 30.4 Å². The third kappa shape index (κ3) is 3.14. The Morgan fingerprint density at radius 1 is 1.15 bits per heavy atom. The molecule has 0 spiro atoms. The molecular formula is C16H17NOS2. The Balaban J connectivity index is 2.48. The first-order valence-electron chi connectivity index (χ1n) is 6.25. The number of ether oxygens (including phenoxy) is 1. The lowest BCUT2D eigenvalue weighted by Gasteiger charge is -2.15. The molecule has 2 aromatic rings. The zero-order chi connectivity index (χ0) is 14.7. The van der Waals surface area contributed by atoms with Crippen LogP contribution in [-0.4, -0.2) is 11.2 Å². The van der Waals surface area contributed by atoms with Gasteiger partial charge in [-0.15, -0.1) is 11.8 Å². The van der Waals surface area contributed by atoms with Crippen molar-refractivity contribution in [1.82, 2.24) is 0 Å². The molecule has 0 aliphatic heterocycles. The third-order valence-electron chi connectivity index (χ3n) is 3.02. The van der Waals surface area contributed by atoms with Crippen LogP contribution in [0.3, 0.4) is 0 Å². The number of nitrogens with two attached hydrogens (primary N) is 1. The second kappa shape index (κ2) is 6.29. The highest BCUT2D eigenvalue weighted by molar-refractivity contribution is 7.98. The molecule has 0 aliphatic carbocycles. The lowest BCUT2D eigenvalue weighted by molar-refractivity contribution is 0.476. The molecule has 0 radical (unpaired) electrons. The quantitative estimate of drug-likeness (QED) is 0.668. The lowest BCUT2D eigenvalue weighted by atomic mass is 10.1. The van der Waals surface area contributed by atoms with E-state index in [-0.39, 0.29) is 0 Å². The van der Waals surface area contributed by atoms with Crippen molar-refractivity contribution in [2.45, 2.75) is 18.7 Å². The largest absolute Gasteiger partial charge is 0.456 e. The highest BCUT2D eigenvalue weighted by Gasteiger charge is 2.13. The van der Waals surface area contributed by atoms with Crippen LogP contribution in [0.15, 0.2) is 41.3 Å². The molecule has 20 heavy (non-hydrogen) atoms. The van der Waals surface area contributed by atoms with Gasteiger partial charge >= 0.3 is 0 Å². The summed E-state index contributed by atoms with van der Waals surface area (Å²) in [5.41, 5.74) is 8.89. The Hall–Kier alpha value is -1.52. The van der Waals surface area contributed by atoms with E-state index in [0.29, 0.717) is 10.7 Å². The van der Waals surface area contributed by atoms with Crippen LogP contribution < -0.4 is 10.5 Å². The number of thiocarbonyl (C=S) groups is 1. The molecule has 0 bridgehead atoms. The number of hydrogen-bond donors (Lipinski definition) is 1. The van der Waals surface area contributed by atoms with Crippen LogP contribution in [0, 0.1) is 13.8 Å².